The summed E-state index contributed by atoms with van der Waals surface area (Å²) in [5, 5.41) is 10.7. The van der Waals surface area contributed by atoms with Gasteiger partial charge in [-0.1, -0.05) is 6.07 Å². The highest BCUT2D eigenvalue weighted by Gasteiger charge is 2.50. The summed E-state index contributed by atoms with van der Waals surface area (Å²) in [7, 11) is 0. The number of hydrogen-bond donors (Lipinski definition) is 1. The molecule has 1 N–H and O–H groups in total. The van der Waals surface area contributed by atoms with E-state index >= 15 is 0 Å². The van der Waals surface area contributed by atoms with Crippen LogP contribution in [0.25, 0.3) is 0 Å². The number of piperidine rings is 1. The maximum Gasteiger partial charge on any atom is 0.219 e. The standard InChI is InChI=1S/C23H34N2O2/c1-15-11-21(22(27)17(3)16(15)2)19-6-9-24(10-7-19)20-5-8-23(12-20)13-25(14-23)18(4)26/h11,19-20,27H,5-10,12-14H2,1-4H3. The quantitative estimate of drug-likeness (QED) is 0.859. The molecule has 0 bridgehead atoms. The summed E-state index contributed by atoms with van der Waals surface area (Å²) < 4.78 is 0. The van der Waals surface area contributed by atoms with E-state index in [1.165, 1.54) is 30.4 Å². The van der Waals surface area contributed by atoms with Gasteiger partial charge >= 0.3 is 0 Å². The molecule has 1 aromatic carbocycles. The van der Waals surface area contributed by atoms with Gasteiger partial charge < -0.3 is 14.9 Å². The number of aryl methyl sites for hydroxylation is 1. The molecule has 4 nitrogen and oxygen atoms in total. The van der Waals surface area contributed by atoms with Gasteiger partial charge in [-0.3, -0.25) is 4.79 Å². The van der Waals surface area contributed by atoms with Gasteiger partial charge in [0.05, 0.1) is 0 Å². The Labute approximate surface area is 163 Å². The van der Waals surface area contributed by atoms with Gasteiger partial charge in [0.1, 0.15) is 5.75 Å². The van der Waals surface area contributed by atoms with Crippen molar-refractivity contribution in [3.05, 3.63) is 28.3 Å². The minimum atomic E-state index is 0.230. The van der Waals surface area contributed by atoms with Gasteiger partial charge in [0.25, 0.3) is 0 Å². The largest absolute Gasteiger partial charge is 0.507 e. The van der Waals surface area contributed by atoms with Gasteiger partial charge in [-0.05, 0) is 94.1 Å². The Hall–Kier alpha value is -1.55. The Kier molecular flexibility index (Phi) is 4.74. The molecule has 1 spiro atoms. The number of aromatic hydroxyl groups is 1. The highest BCUT2D eigenvalue weighted by molar-refractivity contribution is 5.74. The van der Waals surface area contributed by atoms with Gasteiger partial charge in [0.2, 0.25) is 5.91 Å². The topological polar surface area (TPSA) is 43.8 Å². The van der Waals surface area contributed by atoms with E-state index in [-0.39, 0.29) is 5.91 Å². The Morgan fingerprint density at radius 1 is 1.11 bits per heavy atom. The molecule has 4 heteroatoms. The van der Waals surface area contributed by atoms with Crippen molar-refractivity contribution in [2.45, 2.75) is 71.8 Å². The highest BCUT2D eigenvalue weighted by atomic mass is 16.3. The molecular weight excluding hydrogens is 336 g/mol. The first-order valence-electron chi connectivity index (χ1n) is 10.6. The van der Waals surface area contributed by atoms with E-state index in [0.29, 0.717) is 23.1 Å². The summed E-state index contributed by atoms with van der Waals surface area (Å²) in [5.74, 6) is 1.23. The molecule has 148 valence electrons. The second-order valence-corrected chi connectivity index (χ2v) is 9.46. The van der Waals surface area contributed by atoms with E-state index in [1.54, 1.807) is 6.92 Å². The fraction of sp³-hybridized carbons (Fsp3) is 0.696. The van der Waals surface area contributed by atoms with Crippen molar-refractivity contribution >= 4 is 5.91 Å². The molecule has 3 fully saturated rings. The summed E-state index contributed by atoms with van der Waals surface area (Å²) in [5.41, 5.74) is 5.13. The average Bonchev–Trinajstić information content (AvgIpc) is 3.07. The maximum atomic E-state index is 11.5. The first-order chi connectivity index (χ1) is 12.8. The van der Waals surface area contributed by atoms with Gasteiger partial charge in [0.15, 0.2) is 0 Å². The molecule has 1 amide bonds. The number of carbonyl (C=O) groups excluding carboxylic acids is 1. The number of nitrogens with zero attached hydrogens (tertiary/aromatic N) is 2. The highest BCUT2D eigenvalue weighted by Crippen LogP contribution is 2.48. The minimum Gasteiger partial charge on any atom is -0.507 e. The van der Waals surface area contributed by atoms with Crippen LogP contribution in [-0.4, -0.2) is 53.0 Å². The van der Waals surface area contributed by atoms with Crippen molar-refractivity contribution in [1.29, 1.82) is 0 Å². The van der Waals surface area contributed by atoms with Gasteiger partial charge in [0, 0.05) is 31.5 Å². The van der Waals surface area contributed by atoms with Crippen LogP contribution in [0.15, 0.2) is 6.07 Å². The SMILES string of the molecule is CC(=O)N1CC2(CCC(N3CCC(c4cc(C)c(C)c(C)c4O)CC3)C2)C1. The minimum absolute atomic E-state index is 0.230. The average molecular weight is 371 g/mol. The summed E-state index contributed by atoms with van der Waals surface area (Å²) >= 11 is 0. The van der Waals surface area contributed by atoms with E-state index in [4.69, 9.17) is 0 Å². The normalized spacial score (nSPS) is 25.8. The Bertz CT molecular complexity index is 743. The summed E-state index contributed by atoms with van der Waals surface area (Å²) in [4.78, 5) is 16.2. The molecule has 3 aliphatic rings. The summed E-state index contributed by atoms with van der Waals surface area (Å²) in [6, 6.07) is 2.91. The Morgan fingerprint density at radius 3 is 2.41 bits per heavy atom. The van der Waals surface area contributed by atoms with Crippen molar-refractivity contribution in [3.8, 4) is 5.75 Å². The van der Waals surface area contributed by atoms with Crippen LogP contribution in [0.2, 0.25) is 0 Å². The lowest BCUT2D eigenvalue weighted by molar-refractivity contribution is -0.140. The molecule has 0 aromatic heterocycles. The number of phenolic OH excluding ortho intramolecular Hbond substituents is 1. The molecule has 1 saturated carbocycles. The van der Waals surface area contributed by atoms with E-state index in [0.717, 1.165) is 50.1 Å². The Balaban J connectivity index is 1.36. The molecule has 2 heterocycles. The molecule has 0 radical (unpaired) electrons. The van der Waals surface area contributed by atoms with Crippen LogP contribution in [0.1, 0.15) is 67.2 Å². The molecule has 1 aliphatic carbocycles. The lowest BCUT2D eigenvalue weighted by Crippen LogP contribution is -2.57. The molecule has 2 saturated heterocycles. The van der Waals surface area contributed by atoms with Crippen LogP contribution in [0, 0.1) is 26.2 Å². The monoisotopic (exact) mass is 370 g/mol. The molecule has 1 unspecified atom stereocenters. The Morgan fingerprint density at radius 2 is 1.78 bits per heavy atom. The molecule has 1 atom stereocenters. The second kappa shape index (κ2) is 6.80. The fourth-order valence-electron chi connectivity index (χ4n) is 5.75. The first-order valence-corrected chi connectivity index (χ1v) is 10.6. The lowest BCUT2D eigenvalue weighted by atomic mass is 9.78. The number of amides is 1. The molecule has 2 aliphatic heterocycles. The third-order valence-electron chi connectivity index (χ3n) is 7.81. The fourth-order valence-corrected chi connectivity index (χ4v) is 5.75. The van der Waals surface area contributed by atoms with E-state index in [2.05, 4.69) is 24.8 Å². The van der Waals surface area contributed by atoms with Crippen molar-refractivity contribution in [2.24, 2.45) is 5.41 Å². The summed E-state index contributed by atoms with van der Waals surface area (Å²) in [6.07, 6.45) is 6.09. The van der Waals surface area contributed by atoms with Crippen molar-refractivity contribution < 1.29 is 9.90 Å². The van der Waals surface area contributed by atoms with Gasteiger partial charge in [-0.15, -0.1) is 0 Å². The number of phenols is 1. The lowest BCUT2D eigenvalue weighted by Gasteiger charge is -2.48. The van der Waals surface area contributed by atoms with E-state index < -0.39 is 0 Å². The van der Waals surface area contributed by atoms with Crippen LogP contribution in [0.3, 0.4) is 0 Å². The third-order valence-corrected chi connectivity index (χ3v) is 7.81. The smallest absolute Gasteiger partial charge is 0.219 e. The number of rotatable bonds is 2. The van der Waals surface area contributed by atoms with Crippen LogP contribution in [-0.2, 0) is 4.79 Å². The predicted molar refractivity (Wildman–Crippen MR) is 108 cm³/mol. The number of carbonyl (C=O) groups is 1. The predicted octanol–water partition coefficient (Wildman–Crippen LogP) is 3.90. The van der Waals surface area contributed by atoms with Gasteiger partial charge in [-0.2, -0.15) is 0 Å². The second-order valence-electron chi connectivity index (χ2n) is 9.46. The van der Waals surface area contributed by atoms with Crippen molar-refractivity contribution in [2.75, 3.05) is 26.2 Å². The van der Waals surface area contributed by atoms with E-state index in [1.807, 2.05) is 11.8 Å². The third kappa shape index (κ3) is 3.26. The molecular formula is C23H34N2O2. The van der Waals surface area contributed by atoms with Gasteiger partial charge in [-0.25, -0.2) is 0 Å². The van der Waals surface area contributed by atoms with E-state index in [9.17, 15) is 9.90 Å². The summed E-state index contributed by atoms with van der Waals surface area (Å²) in [6.45, 7) is 12.2. The van der Waals surface area contributed by atoms with Crippen LogP contribution in [0.5, 0.6) is 5.75 Å². The van der Waals surface area contributed by atoms with Crippen molar-refractivity contribution in [3.63, 3.8) is 0 Å². The van der Waals surface area contributed by atoms with Crippen LogP contribution < -0.4 is 0 Å². The zero-order chi connectivity index (χ0) is 19.3. The number of likely N-dealkylation sites (tertiary alicyclic amines) is 2. The molecule has 4 rings (SSSR count). The van der Waals surface area contributed by atoms with Crippen LogP contribution in [0.4, 0.5) is 0 Å². The maximum absolute atomic E-state index is 11.5. The van der Waals surface area contributed by atoms with Crippen LogP contribution >= 0.6 is 0 Å². The number of hydrogen-bond acceptors (Lipinski definition) is 3. The zero-order valence-electron chi connectivity index (χ0n) is 17.3. The molecule has 27 heavy (non-hydrogen) atoms. The molecule has 1 aromatic rings. The zero-order valence-corrected chi connectivity index (χ0v) is 17.3. The first kappa shape index (κ1) is 18.8. The van der Waals surface area contributed by atoms with Crippen molar-refractivity contribution in [1.82, 2.24) is 9.80 Å². The number of benzene rings is 1.